The fourth-order valence-electron chi connectivity index (χ4n) is 5.08. The van der Waals surface area contributed by atoms with Gasteiger partial charge in [-0.15, -0.1) is 0 Å². The number of amides is 1. The first-order valence-corrected chi connectivity index (χ1v) is 17.8. The molecule has 5 heteroatoms. The third-order valence-corrected chi connectivity index (χ3v) is 7.96. The summed E-state index contributed by atoms with van der Waals surface area (Å²) in [5.74, 6) is -0.519. The van der Waals surface area contributed by atoms with E-state index in [1.165, 1.54) is 103 Å². The van der Waals surface area contributed by atoms with Crippen LogP contribution in [0, 0.1) is 0 Å². The molecule has 0 aliphatic rings. The SMILES string of the molecule is CCCC/C=C/CC/C=C/CC/C=C/C(O)C(CO)NC(=O)C(O)CCCCCCCCCCCCCCCCCC. The number of hydrogen-bond donors (Lipinski definition) is 4. The van der Waals surface area contributed by atoms with Crippen molar-refractivity contribution in [2.45, 2.75) is 186 Å². The second-order valence-corrected chi connectivity index (χ2v) is 12.1. The molecule has 4 N–H and O–H groups in total. The number of allylic oxidation sites excluding steroid dienone is 5. The molecule has 0 rings (SSSR count). The van der Waals surface area contributed by atoms with Gasteiger partial charge in [0.15, 0.2) is 0 Å². The van der Waals surface area contributed by atoms with Crippen LogP contribution >= 0.6 is 0 Å². The Morgan fingerprint density at radius 3 is 1.43 bits per heavy atom. The summed E-state index contributed by atoms with van der Waals surface area (Å²) in [6, 6.07) is -0.816. The smallest absolute Gasteiger partial charge is 0.249 e. The minimum atomic E-state index is -1.10. The lowest BCUT2D eigenvalue weighted by Crippen LogP contribution is -2.48. The minimum Gasteiger partial charge on any atom is -0.394 e. The van der Waals surface area contributed by atoms with Gasteiger partial charge in [-0.1, -0.05) is 166 Å². The summed E-state index contributed by atoms with van der Waals surface area (Å²) < 4.78 is 0. The second kappa shape index (κ2) is 32.5. The highest BCUT2D eigenvalue weighted by molar-refractivity contribution is 5.80. The molecule has 0 radical (unpaired) electrons. The first kappa shape index (κ1) is 40.6. The molecular formula is C37H69NO4. The Bertz CT molecular complexity index is 660. The molecule has 3 unspecified atom stereocenters. The van der Waals surface area contributed by atoms with Crippen molar-refractivity contribution in [3.05, 3.63) is 36.5 Å². The van der Waals surface area contributed by atoms with Crippen LogP contribution in [0.1, 0.15) is 168 Å². The average molecular weight is 592 g/mol. The third kappa shape index (κ3) is 27.4. The number of hydrogen-bond acceptors (Lipinski definition) is 4. The van der Waals surface area contributed by atoms with E-state index in [1.54, 1.807) is 6.08 Å². The van der Waals surface area contributed by atoms with Crippen LogP contribution in [0.4, 0.5) is 0 Å². The van der Waals surface area contributed by atoms with E-state index in [9.17, 15) is 20.1 Å². The molecule has 1 amide bonds. The van der Waals surface area contributed by atoms with Crippen molar-refractivity contribution in [2.24, 2.45) is 0 Å². The molecule has 0 aromatic heterocycles. The molecule has 5 nitrogen and oxygen atoms in total. The van der Waals surface area contributed by atoms with E-state index in [0.717, 1.165) is 44.9 Å². The maximum Gasteiger partial charge on any atom is 0.249 e. The summed E-state index contributed by atoms with van der Waals surface area (Å²) in [5, 5.41) is 32.8. The summed E-state index contributed by atoms with van der Waals surface area (Å²) in [6.45, 7) is 4.09. The molecule has 0 heterocycles. The number of aliphatic hydroxyl groups excluding tert-OH is 3. The number of carbonyl (C=O) groups excluding carboxylic acids is 1. The maximum atomic E-state index is 12.4. The molecule has 42 heavy (non-hydrogen) atoms. The molecule has 0 spiro atoms. The van der Waals surface area contributed by atoms with Gasteiger partial charge in [-0.25, -0.2) is 0 Å². The number of unbranched alkanes of at least 4 members (excludes halogenated alkanes) is 19. The zero-order valence-electron chi connectivity index (χ0n) is 27.6. The van der Waals surface area contributed by atoms with Crippen molar-refractivity contribution in [1.82, 2.24) is 5.32 Å². The van der Waals surface area contributed by atoms with Gasteiger partial charge < -0.3 is 20.6 Å². The zero-order valence-corrected chi connectivity index (χ0v) is 27.6. The summed E-state index contributed by atoms with van der Waals surface area (Å²) >= 11 is 0. The molecule has 0 fully saturated rings. The van der Waals surface area contributed by atoms with Gasteiger partial charge in [0.25, 0.3) is 0 Å². The van der Waals surface area contributed by atoms with E-state index in [4.69, 9.17) is 0 Å². The molecule has 246 valence electrons. The van der Waals surface area contributed by atoms with E-state index in [-0.39, 0.29) is 6.61 Å². The molecule has 0 saturated heterocycles. The van der Waals surface area contributed by atoms with Crippen molar-refractivity contribution in [2.75, 3.05) is 6.61 Å². The zero-order chi connectivity index (χ0) is 30.9. The van der Waals surface area contributed by atoms with Gasteiger partial charge in [-0.05, 0) is 38.5 Å². The Morgan fingerprint density at radius 2 is 0.976 bits per heavy atom. The van der Waals surface area contributed by atoms with Crippen LogP contribution < -0.4 is 5.32 Å². The number of rotatable bonds is 31. The molecule has 0 saturated carbocycles. The summed E-state index contributed by atoms with van der Waals surface area (Å²) in [5.41, 5.74) is 0. The summed E-state index contributed by atoms with van der Waals surface area (Å²) in [6.07, 6.45) is 38.7. The first-order chi connectivity index (χ1) is 20.6. The predicted octanol–water partition coefficient (Wildman–Crippen LogP) is 9.26. The highest BCUT2D eigenvalue weighted by Gasteiger charge is 2.22. The van der Waals surface area contributed by atoms with E-state index in [2.05, 4.69) is 43.5 Å². The van der Waals surface area contributed by atoms with Gasteiger partial charge in [0.1, 0.15) is 6.10 Å². The van der Waals surface area contributed by atoms with Gasteiger partial charge >= 0.3 is 0 Å². The van der Waals surface area contributed by atoms with Gasteiger partial charge in [0.2, 0.25) is 5.91 Å². The first-order valence-electron chi connectivity index (χ1n) is 17.8. The van der Waals surface area contributed by atoms with E-state index in [0.29, 0.717) is 6.42 Å². The largest absolute Gasteiger partial charge is 0.394 e. The average Bonchev–Trinajstić information content (AvgIpc) is 2.99. The van der Waals surface area contributed by atoms with Gasteiger partial charge in [-0.3, -0.25) is 4.79 Å². The fraction of sp³-hybridized carbons (Fsp3) is 0.811. The van der Waals surface area contributed by atoms with E-state index >= 15 is 0 Å². The Balaban J connectivity index is 3.79. The molecule has 0 aromatic carbocycles. The topological polar surface area (TPSA) is 89.8 Å². The van der Waals surface area contributed by atoms with Gasteiger partial charge in [0, 0.05) is 0 Å². The van der Waals surface area contributed by atoms with Crippen LogP contribution in [-0.4, -0.2) is 46.1 Å². The Morgan fingerprint density at radius 1 is 0.571 bits per heavy atom. The monoisotopic (exact) mass is 592 g/mol. The van der Waals surface area contributed by atoms with Crippen LogP contribution in [0.5, 0.6) is 0 Å². The van der Waals surface area contributed by atoms with E-state index < -0.39 is 24.2 Å². The number of nitrogens with one attached hydrogen (secondary N) is 1. The second-order valence-electron chi connectivity index (χ2n) is 12.1. The molecule has 3 atom stereocenters. The highest BCUT2D eigenvalue weighted by Crippen LogP contribution is 2.14. The lowest BCUT2D eigenvalue weighted by Gasteiger charge is -2.21. The molecule has 0 aliphatic carbocycles. The molecular weight excluding hydrogens is 522 g/mol. The van der Waals surface area contributed by atoms with Gasteiger partial charge in [-0.2, -0.15) is 0 Å². The van der Waals surface area contributed by atoms with Crippen molar-refractivity contribution >= 4 is 5.91 Å². The van der Waals surface area contributed by atoms with Crippen molar-refractivity contribution in [3.63, 3.8) is 0 Å². The van der Waals surface area contributed by atoms with Crippen molar-refractivity contribution < 1.29 is 20.1 Å². The normalized spacial score (nSPS) is 14.3. The van der Waals surface area contributed by atoms with Crippen molar-refractivity contribution in [3.8, 4) is 0 Å². The third-order valence-electron chi connectivity index (χ3n) is 7.96. The standard InChI is InChI=1S/C37H69NO4/c1-3-5-7-9-11-13-15-17-18-19-20-22-24-26-28-30-32-36(41)37(42)38-34(33-39)35(40)31-29-27-25-23-21-16-14-12-10-8-6-4-2/h10,12,21,23,29,31,34-36,39-41H,3-9,11,13-20,22,24-28,30,32-33H2,1-2H3,(H,38,42)/b12-10+,23-21+,31-29+. The number of aliphatic hydroxyl groups is 3. The number of carbonyl (C=O) groups is 1. The van der Waals surface area contributed by atoms with Crippen LogP contribution in [-0.2, 0) is 4.79 Å². The minimum absolute atomic E-state index is 0.380. The Kier molecular flexibility index (Phi) is 31.4. The Labute approximate surface area is 260 Å². The lowest BCUT2D eigenvalue weighted by atomic mass is 10.0. The van der Waals surface area contributed by atoms with Crippen LogP contribution in [0.3, 0.4) is 0 Å². The molecule has 0 aliphatic heterocycles. The van der Waals surface area contributed by atoms with Crippen LogP contribution in [0.25, 0.3) is 0 Å². The lowest BCUT2D eigenvalue weighted by molar-refractivity contribution is -0.131. The van der Waals surface area contributed by atoms with Crippen molar-refractivity contribution in [1.29, 1.82) is 0 Å². The maximum absolute atomic E-state index is 12.4. The summed E-state index contributed by atoms with van der Waals surface area (Å²) in [7, 11) is 0. The van der Waals surface area contributed by atoms with E-state index in [1.807, 2.05) is 6.08 Å². The Hall–Kier alpha value is -1.43. The van der Waals surface area contributed by atoms with Crippen LogP contribution in [0.15, 0.2) is 36.5 Å². The summed E-state index contributed by atoms with van der Waals surface area (Å²) in [4.78, 5) is 12.4. The predicted molar refractivity (Wildman–Crippen MR) is 181 cm³/mol. The van der Waals surface area contributed by atoms with Gasteiger partial charge in [0.05, 0.1) is 18.8 Å². The van der Waals surface area contributed by atoms with Crippen LogP contribution in [0.2, 0.25) is 0 Å². The molecule has 0 aromatic rings. The fourth-order valence-corrected chi connectivity index (χ4v) is 5.08. The molecule has 0 bridgehead atoms. The quantitative estimate of drug-likeness (QED) is 0.0478. The highest BCUT2D eigenvalue weighted by atomic mass is 16.3.